The zero-order valence-corrected chi connectivity index (χ0v) is 16.5. The number of carbonyl (C=O) groups excluding carboxylic acids is 2. The number of rotatable bonds is 4. The van der Waals surface area contributed by atoms with E-state index in [0.29, 0.717) is 53.5 Å². The van der Waals surface area contributed by atoms with Gasteiger partial charge in [0.15, 0.2) is 0 Å². The molecule has 138 valence electrons. The highest BCUT2D eigenvalue weighted by Gasteiger charge is 2.25. The van der Waals surface area contributed by atoms with Crippen molar-refractivity contribution in [3.05, 3.63) is 44.2 Å². The van der Waals surface area contributed by atoms with Gasteiger partial charge in [-0.2, -0.15) is 0 Å². The second-order valence-corrected chi connectivity index (χ2v) is 7.93. The van der Waals surface area contributed by atoms with Crippen molar-refractivity contribution in [3.8, 4) is 0 Å². The number of halogens is 2. The molecule has 0 saturated carbocycles. The molecule has 0 spiro atoms. The van der Waals surface area contributed by atoms with Crippen molar-refractivity contribution in [2.24, 2.45) is 0 Å². The lowest BCUT2D eigenvalue weighted by atomic mass is 10.2. The minimum Gasteiger partial charge on any atom is -0.352 e. The van der Waals surface area contributed by atoms with Crippen LogP contribution in [0.2, 0.25) is 10.0 Å². The maximum absolute atomic E-state index is 12.7. The fourth-order valence-corrected chi connectivity index (χ4v) is 4.13. The van der Waals surface area contributed by atoms with E-state index in [2.05, 4.69) is 15.2 Å². The van der Waals surface area contributed by atoms with Gasteiger partial charge < -0.3 is 15.1 Å². The van der Waals surface area contributed by atoms with Crippen LogP contribution in [0.15, 0.2) is 24.4 Å². The topological polar surface area (TPSA) is 65.5 Å². The van der Waals surface area contributed by atoms with Crippen LogP contribution in [0, 0.1) is 0 Å². The number of carbonyl (C=O) groups is 2. The van der Waals surface area contributed by atoms with Crippen molar-refractivity contribution in [2.75, 3.05) is 31.1 Å². The average Bonchev–Trinajstić information content (AvgIpc) is 3.09. The van der Waals surface area contributed by atoms with E-state index in [-0.39, 0.29) is 11.8 Å². The van der Waals surface area contributed by atoms with Gasteiger partial charge in [0.1, 0.15) is 5.82 Å². The van der Waals surface area contributed by atoms with Gasteiger partial charge in [-0.3, -0.25) is 9.59 Å². The third kappa shape index (κ3) is 4.47. The zero-order valence-electron chi connectivity index (χ0n) is 14.2. The molecule has 2 aromatic heterocycles. The Hall–Kier alpha value is -1.83. The van der Waals surface area contributed by atoms with Crippen molar-refractivity contribution in [3.63, 3.8) is 0 Å². The van der Waals surface area contributed by atoms with Crippen LogP contribution in [0.1, 0.15) is 21.5 Å². The number of amides is 2. The van der Waals surface area contributed by atoms with Crippen molar-refractivity contribution >= 4 is 52.2 Å². The second kappa shape index (κ2) is 8.24. The first-order chi connectivity index (χ1) is 12.4. The molecule has 1 aliphatic rings. The predicted octanol–water partition coefficient (Wildman–Crippen LogP) is 3.05. The van der Waals surface area contributed by atoms with E-state index >= 15 is 0 Å². The third-order valence-corrected chi connectivity index (χ3v) is 5.60. The SMILES string of the molecule is CC(=O)NCc1ccc(C(=O)N2CCN(c3ncc(Cl)cc3Cl)CC2)s1. The molecule has 1 saturated heterocycles. The van der Waals surface area contributed by atoms with E-state index in [0.717, 1.165) is 4.88 Å². The van der Waals surface area contributed by atoms with Crippen LogP contribution in [0.25, 0.3) is 0 Å². The molecule has 6 nitrogen and oxygen atoms in total. The van der Waals surface area contributed by atoms with E-state index in [1.165, 1.54) is 18.3 Å². The molecule has 1 fully saturated rings. The molecule has 0 unspecified atom stereocenters. The summed E-state index contributed by atoms with van der Waals surface area (Å²) in [5, 5.41) is 3.75. The molecule has 3 rings (SSSR count). The number of aromatic nitrogens is 1. The summed E-state index contributed by atoms with van der Waals surface area (Å²) >= 11 is 13.5. The van der Waals surface area contributed by atoms with Crippen molar-refractivity contribution in [2.45, 2.75) is 13.5 Å². The molecule has 0 aromatic carbocycles. The van der Waals surface area contributed by atoms with E-state index in [9.17, 15) is 9.59 Å². The van der Waals surface area contributed by atoms with Gasteiger partial charge in [0.25, 0.3) is 5.91 Å². The molecular formula is C17H18Cl2N4O2S. The summed E-state index contributed by atoms with van der Waals surface area (Å²) < 4.78 is 0. The molecule has 0 aliphatic carbocycles. The fourth-order valence-electron chi connectivity index (χ4n) is 2.72. The van der Waals surface area contributed by atoms with Gasteiger partial charge in [-0.15, -0.1) is 11.3 Å². The Labute approximate surface area is 165 Å². The highest BCUT2D eigenvalue weighted by atomic mass is 35.5. The highest BCUT2D eigenvalue weighted by Crippen LogP contribution is 2.27. The molecule has 1 aliphatic heterocycles. The minimum atomic E-state index is -0.0862. The first kappa shape index (κ1) is 18.9. The number of pyridine rings is 1. The summed E-state index contributed by atoms with van der Waals surface area (Å²) in [5.74, 6) is 0.618. The summed E-state index contributed by atoms with van der Waals surface area (Å²) in [5.41, 5.74) is 0. The quantitative estimate of drug-likeness (QED) is 0.837. The summed E-state index contributed by atoms with van der Waals surface area (Å²) in [6.45, 7) is 4.42. The Balaban J connectivity index is 1.59. The van der Waals surface area contributed by atoms with Crippen LogP contribution in [-0.2, 0) is 11.3 Å². The van der Waals surface area contributed by atoms with Crippen LogP contribution >= 0.6 is 34.5 Å². The summed E-state index contributed by atoms with van der Waals surface area (Å²) in [6, 6.07) is 5.36. The Morgan fingerprint density at radius 1 is 1.23 bits per heavy atom. The van der Waals surface area contributed by atoms with Crippen LogP contribution in [0.5, 0.6) is 0 Å². The molecular weight excluding hydrogens is 395 g/mol. The Morgan fingerprint density at radius 2 is 1.96 bits per heavy atom. The van der Waals surface area contributed by atoms with Gasteiger partial charge >= 0.3 is 0 Å². The summed E-state index contributed by atoms with van der Waals surface area (Å²) in [6.07, 6.45) is 1.57. The van der Waals surface area contributed by atoms with Crippen LogP contribution in [0.4, 0.5) is 5.82 Å². The Bertz CT molecular complexity index is 819. The van der Waals surface area contributed by atoms with Gasteiger partial charge in [-0.25, -0.2) is 4.98 Å². The summed E-state index contributed by atoms with van der Waals surface area (Å²) in [4.78, 5) is 33.5. The maximum atomic E-state index is 12.7. The normalized spacial score (nSPS) is 14.4. The Morgan fingerprint density at radius 3 is 2.62 bits per heavy atom. The Kier molecular flexibility index (Phi) is 6.01. The zero-order chi connectivity index (χ0) is 18.7. The van der Waals surface area contributed by atoms with E-state index in [1.807, 2.05) is 17.0 Å². The van der Waals surface area contributed by atoms with Gasteiger partial charge in [0, 0.05) is 44.2 Å². The molecule has 0 radical (unpaired) electrons. The summed E-state index contributed by atoms with van der Waals surface area (Å²) in [7, 11) is 0. The lowest BCUT2D eigenvalue weighted by Gasteiger charge is -2.35. The number of anilines is 1. The van der Waals surface area contributed by atoms with E-state index in [1.54, 1.807) is 12.3 Å². The molecule has 2 amide bonds. The maximum Gasteiger partial charge on any atom is 0.264 e. The molecule has 0 atom stereocenters. The third-order valence-electron chi connectivity index (χ3n) is 4.04. The number of nitrogens with one attached hydrogen (secondary N) is 1. The standard InChI is InChI=1S/C17H18Cl2N4O2S/c1-11(24)20-10-13-2-3-15(26-13)17(25)23-6-4-22(5-7-23)16-14(19)8-12(18)9-21-16/h2-3,8-9H,4-7,10H2,1H3,(H,20,24). The van der Waals surface area contributed by atoms with Crippen LogP contribution < -0.4 is 10.2 Å². The second-order valence-electron chi connectivity index (χ2n) is 5.91. The smallest absolute Gasteiger partial charge is 0.264 e. The van der Waals surface area contributed by atoms with Crippen molar-refractivity contribution < 1.29 is 9.59 Å². The van der Waals surface area contributed by atoms with Gasteiger partial charge in [-0.1, -0.05) is 23.2 Å². The number of hydrogen-bond acceptors (Lipinski definition) is 5. The predicted molar refractivity (Wildman–Crippen MR) is 104 cm³/mol. The monoisotopic (exact) mass is 412 g/mol. The molecule has 1 N–H and O–H groups in total. The van der Waals surface area contributed by atoms with Gasteiger partial charge in [0.2, 0.25) is 5.91 Å². The molecule has 26 heavy (non-hydrogen) atoms. The average molecular weight is 413 g/mol. The van der Waals surface area contributed by atoms with E-state index < -0.39 is 0 Å². The van der Waals surface area contributed by atoms with Crippen LogP contribution in [-0.4, -0.2) is 47.9 Å². The highest BCUT2D eigenvalue weighted by molar-refractivity contribution is 7.14. The lowest BCUT2D eigenvalue weighted by molar-refractivity contribution is -0.119. The molecule has 9 heteroatoms. The van der Waals surface area contributed by atoms with Gasteiger partial charge in [0.05, 0.1) is 21.5 Å². The van der Waals surface area contributed by atoms with Crippen molar-refractivity contribution in [1.82, 2.24) is 15.2 Å². The molecule has 3 heterocycles. The number of piperazine rings is 1. The number of nitrogens with zero attached hydrogens (tertiary/aromatic N) is 3. The first-order valence-corrected chi connectivity index (χ1v) is 9.69. The van der Waals surface area contributed by atoms with Gasteiger partial charge in [-0.05, 0) is 18.2 Å². The fraction of sp³-hybridized carbons (Fsp3) is 0.353. The number of thiophene rings is 1. The lowest BCUT2D eigenvalue weighted by Crippen LogP contribution is -2.49. The number of hydrogen-bond donors (Lipinski definition) is 1. The minimum absolute atomic E-state index is 0.0129. The molecule has 0 bridgehead atoms. The first-order valence-electron chi connectivity index (χ1n) is 8.12. The molecule has 2 aromatic rings. The van der Waals surface area contributed by atoms with Crippen LogP contribution in [0.3, 0.4) is 0 Å². The van der Waals surface area contributed by atoms with E-state index in [4.69, 9.17) is 23.2 Å². The van der Waals surface area contributed by atoms with Crippen molar-refractivity contribution in [1.29, 1.82) is 0 Å². The largest absolute Gasteiger partial charge is 0.352 e.